The number of para-hydroxylation sites is 1. The largest absolute Gasteiger partial charge is 0.497 e. The van der Waals surface area contributed by atoms with E-state index in [9.17, 15) is 0 Å². The molecule has 0 spiro atoms. The summed E-state index contributed by atoms with van der Waals surface area (Å²) in [6.07, 6.45) is 0. The molecule has 2 heterocycles. The molecular weight excluding hydrogens is 338 g/mol. The number of hydrogen-bond acceptors (Lipinski definition) is 5. The van der Waals surface area contributed by atoms with E-state index in [4.69, 9.17) is 14.5 Å². The van der Waals surface area contributed by atoms with Gasteiger partial charge in [-0.2, -0.15) is 0 Å². The van der Waals surface area contributed by atoms with Gasteiger partial charge in [0.2, 0.25) is 0 Å². The Labute approximate surface area is 159 Å². The molecule has 1 fully saturated rings. The van der Waals surface area contributed by atoms with Crippen LogP contribution >= 0.6 is 0 Å². The molecule has 0 aliphatic carbocycles. The van der Waals surface area contributed by atoms with Gasteiger partial charge < -0.3 is 19.7 Å². The lowest BCUT2D eigenvalue weighted by molar-refractivity contribution is 0.122. The van der Waals surface area contributed by atoms with Gasteiger partial charge in [0.05, 0.1) is 25.8 Å². The van der Waals surface area contributed by atoms with Crippen molar-refractivity contribution in [1.29, 1.82) is 0 Å². The molecule has 1 saturated heterocycles. The molecular formula is C22H25N3O2. The van der Waals surface area contributed by atoms with Gasteiger partial charge in [0, 0.05) is 37.1 Å². The van der Waals surface area contributed by atoms with Crippen LogP contribution in [0.5, 0.6) is 5.75 Å². The van der Waals surface area contributed by atoms with E-state index < -0.39 is 0 Å². The van der Waals surface area contributed by atoms with Crippen molar-refractivity contribution in [2.75, 3.05) is 38.3 Å². The lowest BCUT2D eigenvalue weighted by atomic mass is 10.1. The van der Waals surface area contributed by atoms with Gasteiger partial charge in [-0.25, -0.2) is 4.98 Å². The predicted molar refractivity (Wildman–Crippen MR) is 108 cm³/mol. The van der Waals surface area contributed by atoms with Crippen molar-refractivity contribution in [3.8, 4) is 5.75 Å². The van der Waals surface area contributed by atoms with E-state index in [0.717, 1.165) is 56.5 Å². The molecule has 0 unspecified atom stereocenters. The van der Waals surface area contributed by atoms with Crippen LogP contribution in [-0.4, -0.2) is 38.4 Å². The minimum absolute atomic E-state index is 0.755. The van der Waals surface area contributed by atoms with Crippen LogP contribution in [0, 0.1) is 0 Å². The Balaban J connectivity index is 1.55. The first-order valence-corrected chi connectivity index (χ1v) is 9.38. The van der Waals surface area contributed by atoms with E-state index in [2.05, 4.69) is 46.6 Å². The van der Waals surface area contributed by atoms with Crippen LogP contribution in [-0.2, 0) is 17.8 Å². The monoisotopic (exact) mass is 363 g/mol. The summed E-state index contributed by atoms with van der Waals surface area (Å²) in [7, 11) is 1.70. The summed E-state index contributed by atoms with van der Waals surface area (Å²) in [4.78, 5) is 7.29. The van der Waals surface area contributed by atoms with Gasteiger partial charge in [-0.3, -0.25) is 0 Å². The SMILES string of the molecule is COc1cccc(CNCc2cc3ccccc3nc2N2CCOCC2)c1. The van der Waals surface area contributed by atoms with E-state index in [0.29, 0.717) is 0 Å². The van der Waals surface area contributed by atoms with Crippen LogP contribution in [0.15, 0.2) is 54.6 Å². The molecule has 5 heteroatoms. The number of nitrogens with one attached hydrogen (secondary N) is 1. The Kier molecular flexibility index (Phi) is 5.51. The third-order valence-electron chi connectivity index (χ3n) is 4.87. The molecule has 0 saturated carbocycles. The van der Waals surface area contributed by atoms with Gasteiger partial charge in [0.1, 0.15) is 11.6 Å². The molecule has 140 valence electrons. The normalized spacial score (nSPS) is 14.5. The Bertz CT molecular complexity index is 907. The summed E-state index contributed by atoms with van der Waals surface area (Å²) in [5.41, 5.74) is 3.46. The third-order valence-corrected chi connectivity index (χ3v) is 4.87. The van der Waals surface area contributed by atoms with Crippen LogP contribution < -0.4 is 15.0 Å². The number of anilines is 1. The zero-order valence-corrected chi connectivity index (χ0v) is 15.6. The molecule has 4 rings (SSSR count). The highest BCUT2D eigenvalue weighted by Gasteiger charge is 2.17. The molecule has 0 amide bonds. The summed E-state index contributed by atoms with van der Waals surface area (Å²) >= 11 is 0. The highest BCUT2D eigenvalue weighted by molar-refractivity contribution is 5.81. The molecule has 3 aromatic rings. The fourth-order valence-electron chi connectivity index (χ4n) is 3.45. The van der Waals surface area contributed by atoms with Gasteiger partial charge in [-0.1, -0.05) is 30.3 Å². The van der Waals surface area contributed by atoms with Crippen molar-refractivity contribution >= 4 is 16.7 Å². The second kappa shape index (κ2) is 8.37. The Morgan fingerprint density at radius 1 is 1.04 bits per heavy atom. The van der Waals surface area contributed by atoms with Gasteiger partial charge in [0.25, 0.3) is 0 Å². The Hall–Kier alpha value is -2.63. The Morgan fingerprint density at radius 3 is 2.74 bits per heavy atom. The van der Waals surface area contributed by atoms with Gasteiger partial charge in [0.15, 0.2) is 0 Å². The second-order valence-corrected chi connectivity index (χ2v) is 6.72. The number of rotatable bonds is 6. The number of morpholine rings is 1. The van der Waals surface area contributed by atoms with Gasteiger partial charge in [-0.05, 0) is 29.8 Å². The average molecular weight is 363 g/mol. The van der Waals surface area contributed by atoms with E-state index in [-0.39, 0.29) is 0 Å². The second-order valence-electron chi connectivity index (χ2n) is 6.72. The number of fused-ring (bicyclic) bond motifs is 1. The zero-order chi connectivity index (χ0) is 18.5. The first kappa shape index (κ1) is 17.8. The van der Waals surface area contributed by atoms with Crippen molar-refractivity contribution in [3.63, 3.8) is 0 Å². The van der Waals surface area contributed by atoms with Gasteiger partial charge >= 0.3 is 0 Å². The number of nitrogens with zero attached hydrogens (tertiary/aromatic N) is 2. The molecule has 0 atom stereocenters. The summed E-state index contributed by atoms with van der Waals surface area (Å²) < 4.78 is 10.8. The molecule has 2 aromatic carbocycles. The standard InChI is InChI=1S/C22H25N3O2/c1-26-20-7-4-5-17(13-20)15-23-16-19-14-18-6-2-3-8-21(18)24-22(19)25-9-11-27-12-10-25/h2-8,13-14,23H,9-12,15-16H2,1H3. The number of methoxy groups -OCH3 is 1. The van der Waals surface area contributed by atoms with Crippen molar-refractivity contribution in [1.82, 2.24) is 10.3 Å². The number of benzene rings is 2. The summed E-state index contributed by atoms with van der Waals surface area (Å²) in [5, 5.41) is 4.73. The van der Waals surface area contributed by atoms with Crippen molar-refractivity contribution < 1.29 is 9.47 Å². The third kappa shape index (κ3) is 4.21. The molecule has 1 N–H and O–H groups in total. The first-order chi connectivity index (χ1) is 13.3. The lowest BCUT2D eigenvalue weighted by Gasteiger charge is -2.30. The fourth-order valence-corrected chi connectivity index (χ4v) is 3.45. The van der Waals surface area contributed by atoms with E-state index in [1.807, 2.05) is 18.2 Å². The van der Waals surface area contributed by atoms with Crippen molar-refractivity contribution in [2.24, 2.45) is 0 Å². The molecule has 0 radical (unpaired) electrons. The topological polar surface area (TPSA) is 46.6 Å². The minimum Gasteiger partial charge on any atom is -0.497 e. The summed E-state index contributed by atoms with van der Waals surface area (Å²) in [5.74, 6) is 1.95. The smallest absolute Gasteiger partial charge is 0.133 e. The van der Waals surface area contributed by atoms with Crippen LogP contribution in [0.1, 0.15) is 11.1 Å². The fraction of sp³-hybridized carbons (Fsp3) is 0.318. The molecule has 27 heavy (non-hydrogen) atoms. The summed E-state index contributed by atoms with van der Waals surface area (Å²) in [6, 6.07) is 18.7. The van der Waals surface area contributed by atoms with Crippen molar-refractivity contribution in [2.45, 2.75) is 13.1 Å². The highest BCUT2D eigenvalue weighted by atomic mass is 16.5. The maximum Gasteiger partial charge on any atom is 0.133 e. The summed E-state index contributed by atoms with van der Waals surface area (Å²) in [6.45, 7) is 4.83. The number of pyridine rings is 1. The van der Waals surface area contributed by atoms with E-state index >= 15 is 0 Å². The highest BCUT2D eigenvalue weighted by Crippen LogP contribution is 2.24. The maximum atomic E-state index is 5.51. The molecule has 1 aromatic heterocycles. The van der Waals surface area contributed by atoms with Gasteiger partial charge in [-0.15, -0.1) is 0 Å². The van der Waals surface area contributed by atoms with E-state index in [1.54, 1.807) is 7.11 Å². The maximum absolute atomic E-state index is 5.51. The molecule has 1 aliphatic heterocycles. The number of ether oxygens (including phenoxy) is 2. The minimum atomic E-state index is 0.755. The first-order valence-electron chi connectivity index (χ1n) is 9.38. The Morgan fingerprint density at radius 2 is 1.89 bits per heavy atom. The number of aromatic nitrogens is 1. The van der Waals surface area contributed by atoms with Crippen LogP contribution in [0.25, 0.3) is 10.9 Å². The number of hydrogen-bond donors (Lipinski definition) is 1. The zero-order valence-electron chi connectivity index (χ0n) is 15.6. The van der Waals surface area contributed by atoms with Crippen LogP contribution in [0.2, 0.25) is 0 Å². The lowest BCUT2D eigenvalue weighted by Crippen LogP contribution is -2.37. The predicted octanol–water partition coefficient (Wildman–Crippen LogP) is 3.37. The average Bonchev–Trinajstić information content (AvgIpc) is 2.74. The molecule has 0 bridgehead atoms. The molecule has 1 aliphatic rings. The quantitative estimate of drug-likeness (QED) is 0.728. The van der Waals surface area contributed by atoms with Crippen LogP contribution in [0.3, 0.4) is 0 Å². The molecule has 5 nitrogen and oxygen atoms in total. The van der Waals surface area contributed by atoms with Crippen molar-refractivity contribution in [3.05, 3.63) is 65.7 Å². The van der Waals surface area contributed by atoms with Crippen LogP contribution in [0.4, 0.5) is 5.82 Å². The van der Waals surface area contributed by atoms with E-state index in [1.165, 1.54) is 16.5 Å².